The van der Waals surface area contributed by atoms with Crippen molar-refractivity contribution in [2.24, 2.45) is 4.99 Å². The Morgan fingerprint density at radius 2 is 2.37 bits per heavy atom. The molecular weight excluding hydrogens is 245 g/mol. The summed E-state index contributed by atoms with van der Waals surface area (Å²) in [6.45, 7) is 5.63. The standard InChI is InChI=1S/C13H16FN5/c1-3-9-10(18-19-5-4-15-7-19)6-8(2)11-12(9)17-13(14)16-11/h6-7,18H,3-5H2,1-2H3,(H,16,17). The number of anilines is 1. The number of rotatable bonds is 3. The van der Waals surface area contributed by atoms with E-state index in [4.69, 9.17) is 0 Å². The number of fused-ring (bicyclic) bond motifs is 1. The van der Waals surface area contributed by atoms with Crippen LogP contribution in [0.2, 0.25) is 0 Å². The molecule has 0 atom stereocenters. The van der Waals surface area contributed by atoms with Crippen molar-refractivity contribution >= 4 is 23.1 Å². The maximum Gasteiger partial charge on any atom is 0.287 e. The van der Waals surface area contributed by atoms with Crippen LogP contribution in [0.5, 0.6) is 0 Å². The van der Waals surface area contributed by atoms with E-state index in [0.717, 1.165) is 41.8 Å². The topological polar surface area (TPSA) is 56.3 Å². The highest BCUT2D eigenvalue weighted by molar-refractivity contribution is 5.87. The van der Waals surface area contributed by atoms with Gasteiger partial charge in [0.2, 0.25) is 0 Å². The third-order valence-electron chi connectivity index (χ3n) is 3.34. The van der Waals surface area contributed by atoms with Crippen molar-refractivity contribution in [2.45, 2.75) is 20.3 Å². The zero-order valence-electron chi connectivity index (χ0n) is 11.0. The number of halogens is 1. The fraction of sp³-hybridized carbons (Fsp3) is 0.385. The second kappa shape index (κ2) is 4.53. The third-order valence-corrected chi connectivity index (χ3v) is 3.34. The van der Waals surface area contributed by atoms with E-state index >= 15 is 0 Å². The molecule has 2 N–H and O–H groups in total. The predicted octanol–water partition coefficient (Wildman–Crippen LogP) is 2.24. The first-order valence-electron chi connectivity index (χ1n) is 6.40. The van der Waals surface area contributed by atoms with Crippen molar-refractivity contribution in [3.8, 4) is 0 Å². The van der Waals surface area contributed by atoms with Crippen LogP contribution in [0.1, 0.15) is 18.1 Å². The summed E-state index contributed by atoms with van der Waals surface area (Å²) >= 11 is 0. The van der Waals surface area contributed by atoms with Crippen LogP contribution in [-0.2, 0) is 6.42 Å². The monoisotopic (exact) mass is 261 g/mol. The summed E-state index contributed by atoms with van der Waals surface area (Å²) < 4.78 is 13.3. The summed E-state index contributed by atoms with van der Waals surface area (Å²) in [6.07, 6.45) is 2.05. The van der Waals surface area contributed by atoms with Gasteiger partial charge < -0.3 is 4.98 Å². The molecule has 19 heavy (non-hydrogen) atoms. The lowest BCUT2D eigenvalue weighted by Gasteiger charge is -2.20. The number of nitrogens with zero attached hydrogens (tertiary/aromatic N) is 3. The van der Waals surface area contributed by atoms with Crippen LogP contribution in [0.15, 0.2) is 11.1 Å². The third kappa shape index (κ3) is 2.03. The lowest BCUT2D eigenvalue weighted by molar-refractivity contribution is 0.555. The first-order chi connectivity index (χ1) is 9.19. The first-order valence-corrected chi connectivity index (χ1v) is 6.40. The Morgan fingerprint density at radius 3 is 3.05 bits per heavy atom. The van der Waals surface area contributed by atoms with Gasteiger partial charge in [0.05, 0.1) is 29.8 Å². The Labute approximate surface area is 110 Å². The SMILES string of the molecule is CCc1c(NN2C=NCC2)cc(C)c2nc(F)[nH]c12. The number of H-pyrrole nitrogens is 1. The van der Waals surface area contributed by atoms with E-state index in [1.54, 1.807) is 6.34 Å². The molecule has 0 unspecified atom stereocenters. The summed E-state index contributed by atoms with van der Waals surface area (Å²) in [6, 6.07) is 2.01. The molecule has 3 rings (SSSR count). The maximum absolute atomic E-state index is 13.3. The zero-order valence-corrected chi connectivity index (χ0v) is 11.0. The molecule has 6 heteroatoms. The van der Waals surface area contributed by atoms with Crippen molar-refractivity contribution in [2.75, 3.05) is 18.5 Å². The second-order valence-electron chi connectivity index (χ2n) is 4.65. The largest absolute Gasteiger partial charge is 0.314 e. The van der Waals surface area contributed by atoms with E-state index in [1.807, 2.05) is 24.9 Å². The normalized spacial score (nSPS) is 14.6. The highest BCUT2D eigenvalue weighted by atomic mass is 19.1. The molecule has 100 valence electrons. The van der Waals surface area contributed by atoms with Gasteiger partial charge in [-0.15, -0.1) is 0 Å². The highest BCUT2D eigenvalue weighted by Crippen LogP contribution is 2.28. The van der Waals surface area contributed by atoms with Crippen LogP contribution in [0.4, 0.5) is 10.1 Å². The van der Waals surface area contributed by atoms with Crippen LogP contribution in [0, 0.1) is 13.0 Å². The smallest absolute Gasteiger partial charge is 0.287 e. The molecule has 1 aliphatic rings. The van der Waals surface area contributed by atoms with Gasteiger partial charge in [0.25, 0.3) is 6.08 Å². The van der Waals surface area contributed by atoms with Crippen molar-refractivity contribution in [3.63, 3.8) is 0 Å². The van der Waals surface area contributed by atoms with Gasteiger partial charge in [-0.2, -0.15) is 4.39 Å². The number of aliphatic imine (C=N–C) groups is 1. The van der Waals surface area contributed by atoms with Crippen LogP contribution in [-0.4, -0.2) is 34.4 Å². The maximum atomic E-state index is 13.3. The minimum atomic E-state index is -0.535. The molecule has 2 heterocycles. The van der Waals surface area contributed by atoms with E-state index in [2.05, 4.69) is 20.4 Å². The number of hydrogen-bond donors (Lipinski definition) is 2. The molecule has 5 nitrogen and oxygen atoms in total. The second-order valence-corrected chi connectivity index (χ2v) is 4.65. The fourth-order valence-electron chi connectivity index (χ4n) is 2.44. The van der Waals surface area contributed by atoms with Crippen molar-refractivity contribution in [3.05, 3.63) is 23.3 Å². The number of imidazole rings is 1. The molecular formula is C13H16FN5. The Kier molecular flexibility index (Phi) is 2.85. The number of nitrogens with one attached hydrogen (secondary N) is 2. The molecule has 2 aromatic rings. The number of aryl methyl sites for hydroxylation is 2. The van der Waals surface area contributed by atoms with E-state index in [1.165, 1.54) is 0 Å². The molecule has 0 amide bonds. The average molecular weight is 261 g/mol. The molecule has 0 saturated heterocycles. The predicted molar refractivity (Wildman–Crippen MR) is 73.9 cm³/mol. The van der Waals surface area contributed by atoms with Gasteiger partial charge in [0.1, 0.15) is 6.34 Å². The van der Waals surface area contributed by atoms with Crippen molar-refractivity contribution in [1.82, 2.24) is 15.0 Å². The van der Waals surface area contributed by atoms with Crippen LogP contribution in [0.3, 0.4) is 0 Å². The zero-order chi connectivity index (χ0) is 13.4. The molecule has 0 bridgehead atoms. The molecule has 0 radical (unpaired) electrons. The Bertz CT molecular complexity index is 646. The molecule has 0 spiro atoms. The van der Waals surface area contributed by atoms with Gasteiger partial charge in [-0.05, 0) is 25.0 Å². The first kappa shape index (κ1) is 12.0. The van der Waals surface area contributed by atoms with Gasteiger partial charge in [0, 0.05) is 5.56 Å². The fourth-order valence-corrected chi connectivity index (χ4v) is 2.44. The van der Waals surface area contributed by atoms with E-state index in [-0.39, 0.29) is 0 Å². The van der Waals surface area contributed by atoms with Crippen molar-refractivity contribution in [1.29, 1.82) is 0 Å². The summed E-state index contributed by atoms with van der Waals surface area (Å²) in [4.78, 5) is 10.8. The van der Waals surface area contributed by atoms with Gasteiger partial charge >= 0.3 is 0 Å². The van der Waals surface area contributed by atoms with Gasteiger partial charge in [-0.1, -0.05) is 6.92 Å². The molecule has 0 aliphatic carbocycles. The van der Waals surface area contributed by atoms with Crippen molar-refractivity contribution < 1.29 is 4.39 Å². The minimum Gasteiger partial charge on any atom is -0.314 e. The molecule has 1 aromatic carbocycles. The Balaban J connectivity index is 2.09. The number of hydrogen-bond acceptors (Lipinski definition) is 4. The Hall–Kier alpha value is -2.11. The average Bonchev–Trinajstić information content (AvgIpc) is 2.99. The molecule has 1 aliphatic heterocycles. The Morgan fingerprint density at radius 1 is 1.53 bits per heavy atom. The van der Waals surface area contributed by atoms with E-state index < -0.39 is 6.08 Å². The molecule has 0 saturated carbocycles. The number of benzene rings is 1. The summed E-state index contributed by atoms with van der Waals surface area (Å²) in [5, 5.41) is 1.94. The molecule has 1 aromatic heterocycles. The lowest BCUT2D eigenvalue weighted by atomic mass is 10.0. The summed E-state index contributed by atoms with van der Waals surface area (Å²) in [7, 11) is 0. The molecule has 0 fully saturated rings. The van der Waals surface area contributed by atoms with Crippen LogP contribution in [0.25, 0.3) is 11.0 Å². The summed E-state index contributed by atoms with van der Waals surface area (Å²) in [5.74, 6) is 0. The summed E-state index contributed by atoms with van der Waals surface area (Å²) in [5.41, 5.74) is 7.76. The van der Waals surface area contributed by atoms with E-state index in [9.17, 15) is 4.39 Å². The van der Waals surface area contributed by atoms with Crippen LogP contribution < -0.4 is 5.43 Å². The van der Waals surface area contributed by atoms with Gasteiger partial charge in [-0.25, -0.2) is 4.98 Å². The lowest BCUT2D eigenvalue weighted by Crippen LogP contribution is -2.27. The van der Waals surface area contributed by atoms with Crippen LogP contribution >= 0.6 is 0 Å². The quantitative estimate of drug-likeness (QED) is 0.891. The number of hydrazine groups is 1. The highest BCUT2D eigenvalue weighted by Gasteiger charge is 2.15. The minimum absolute atomic E-state index is 0.535. The van der Waals surface area contributed by atoms with Gasteiger partial charge in [-0.3, -0.25) is 15.4 Å². The van der Waals surface area contributed by atoms with Gasteiger partial charge in [0.15, 0.2) is 0 Å². The number of aromatic nitrogens is 2. The van der Waals surface area contributed by atoms with E-state index in [0.29, 0.717) is 5.52 Å². The number of aromatic amines is 1.